The molecule has 1 saturated heterocycles. The van der Waals surface area contributed by atoms with E-state index < -0.39 is 0 Å². The zero-order valence-corrected chi connectivity index (χ0v) is 11.9. The van der Waals surface area contributed by atoms with E-state index in [0.717, 1.165) is 18.5 Å². The monoisotopic (exact) mass is 275 g/mol. The van der Waals surface area contributed by atoms with E-state index in [-0.39, 0.29) is 24.3 Å². The predicted octanol–water partition coefficient (Wildman–Crippen LogP) is 2.17. The minimum Gasteiger partial charge on any atom is -0.460 e. The van der Waals surface area contributed by atoms with Crippen LogP contribution in [-0.4, -0.2) is 35.8 Å². The molecule has 4 heteroatoms. The molecule has 1 aliphatic heterocycles. The van der Waals surface area contributed by atoms with Crippen LogP contribution in [0.3, 0.4) is 0 Å². The summed E-state index contributed by atoms with van der Waals surface area (Å²) >= 11 is 0. The van der Waals surface area contributed by atoms with E-state index in [2.05, 4.69) is 0 Å². The molecule has 2 rings (SSSR count). The second-order valence-electron chi connectivity index (χ2n) is 5.31. The molecule has 0 aromatic heterocycles. The maximum absolute atomic E-state index is 11.9. The molecule has 1 atom stereocenters. The number of ketones is 1. The first kappa shape index (κ1) is 14.7. The average Bonchev–Trinajstić information content (AvgIpc) is 2.59. The van der Waals surface area contributed by atoms with Crippen molar-refractivity contribution in [1.82, 2.24) is 4.90 Å². The Labute approximate surface area is 119 Å². The molecule has 20 heavy (non-hydrogen) atoms. The highest BCUT2D eigenvalue weighted by molar-refractivity contribution is 5.79. The van der Waals surface area contributed by atoms with Gasteiger partial charge in [-0.15, -0.1) is 0 Å². The van der Waals surface area contributed by atoms with E-state index in [0.29, 0.717) is 19.4 Å². The van der Waals surface area contributed by atoms with Gasteiger partial charge in [-0.3, -0.25) is 14.5 Å². The molecule has 1 unspecified atom stereocenters. The minimum atomic E-state index is -0.227. The molecule has 0 bridgehead atoms. The van der Waals surface area contributed by atoms with Gasteiger partial charge in [0.2, 0.25) is 0 Å². The number of esters is 1. The molecular formula is C16H21NO3. The molecule has 1 heterocycles. The van der Waals surface area contributed by atoms with Gasteiger partial charge in [-0.25, -0.2) is 0 Å². The number of ether oxygens (including phenoxy) is 1. The van der Waals surface area contributed by atoms with Crippen LogP contribution in [-0.2, 0) is 20.9 Å². The van der Waals surface area contributed by atoms with Crippen molar-refractivity contribution in [2.24, 2.45) is 0 Å². The van der Waals surface area contributed by atoms with E-state index in [1.54, 1.807) is 0 Å². The lowest BCUT2D eigenvalue weighted by Gasteiger charge is -2.25. The first-order valence-corrected chi connectivity index (χ1v) is 7.10. The van der Waals surface area contributed by atoms with Crippen molar-refractivity contribution >= 4 is 11.8 Å². The number of carbonyl (C=O) groups is 2. The summed E-state index contributed by atoms with van der Waals surface area (Å²) in [5, 5.41) is 0. The van der Waals surface area contributed by atoms with E-state index in [1.165, 1.54) is 0 Å². The third-order valence-corrected chi connectivity index (χ3v) is 3.62. The number of hydrogen-bond donors (Lipinski definition) is 0. The number of rotatable bonds is 4. The van der Waals surface area contributed by atoms with Gasteiger partial charge in [0.1, 0.15) is 12.4 Å². The normalized spacial score (nSPS) is 20.4. The predicted molar refractivity (Wildman–Crippen MR) is 76.1 cm³/mol. The Morgan fingerprint density at radius 3 is 2.85 bits per heavy atom. The molecule has 1 aromatic rings. The van der Waals surface area contributed by atoms with Crippen molar-refractivity contribution < 1.29 is 14.3 Å². The first-order valence-electron chi connectivity index (χ1n) is 7.10. The van der Waals surface area contributed by atoms with Crippen molar-refractivity contribution in [3.63, 3.8) is 0 Å². The Morgan fingerprint density at radius 2 is 2.10 bits per heavy atom. The summed E-state index contributed by atoms with van der Waals surface area (Å²) in [5.74, 6) is 0.0627. The largest absolute Gasteiger partial charge is 0.460 e. The number of nitrogens with zero attached hydrogens (tertiary/aromatic N) is 1. The number of hydrogen-bond acceptors (Lipinski definition) is 4. The highest BCUT2D eigenvalue weighted by atomic mass is 16.5. The Balaban J connectivity index is 1.80. The highest BCUT2D eigenvalue weighted by Crippen LogP contribution is 2.14. The third kappa shape index (κ3) is 4.46. The summed E-state index contributed by atoms with van der Waals surface area (Å²) in [6.07, 6.45) is 1.99. The number of likely N-dealkylation sites (tertiary alicyclic amines) is 1. The fourth-order valence-corrected chi connectivity index (χ4v) is 2.44. The lowest BCUT2D eigenvalue weighted by Crippen LogP contribution is -2.38. The molecular weight excluding hydrogens is 254 g/mol. The van der Waals surface area contributed by atoms with Gasteiger partial charge < -0.3 is 4.74 Å². The Kier molecular flexibility index (Phi) is 5.30. The van der Waals surface area contributed by atoms with Crippen LogP contribution in [0.4, 0.5) is 0 Å². The molecule has 4 nitrogen and oxygen atoms in total. The summed E-state index contributed by atoms with van der Waals surface area (Å²) in [6, 6.07) is 9.76. The molecule has 1 fully saturated rings. The molecule has 1 aliphatic rings. The molecule has 0 aliphatic carbocycles. The van der Waals surface area contributed by atoms with Crippen LogP contribution in [0.2, 0.25) is 0 Å². The summed E-state index contributed by atoms with van der Waals surface area (Å²) in [6.45, 7) is 3.35. The van der Waals surface area contributed by atoms with E-state index >= 15 is 0 Å². The summed E-state index contributed by atoms with van der Waals surface area (Å²) in [7, 11) is 0. The second-order valence-corrected chi connectivity index (χ2v) is 5.31. The maximum Gasteiger partial charge on any atom is 0.320 e. The number of Topliss-reactive ketones (excluding diaryl/α,β-unsaturated/α-hetero) is 1. The van der Waals surface area contributed by atoms with Gasteiger partial charge >= 0.3 is 5.97 Å². The van der Waals surface area contributed by atoms with Crippen molar-refractivity contribution in [3.8, 4) is 0 Å². The fraction of sp³-hybridized carbons (Fsp3) is 0.500. The van der Waals surface area contributed by atoms with Crippen LogP contribution in [0.15, 0.2) is 30.3 Å². The zero-order chi connectivity index (χ0) is 14.4. The Morgan fingerprint density at radius 1 is 1.35 bits per heavy atom. The van der Waals surface area contributed by atoms with Crippen molar-refractivity contribution in [2.45, 2.75) is 38.8 Å². The molecule has 108 valence electrons. The molecule has 0 spiro atoms. The molecule has 0 radical (unpaired) electrons. The summed E-state index contributed by atoms with van der Waals surface area (Å²) in [5.41, 5.74) is 0.986. The SMILES string of the molecule is CC1CC(=O)CCCN1CC(=O)OCc1ccccc1. The first-order chi connectivity index (χ1) is 9.65. The molecule has 0 N–H and O–H groups in total. The van der Waals surface area contributed by atoms with Crippen LogP contribution >= 0.6 is 0 Å². The number of carbonyl (C=O) groups excluding carboxylic acids is 2. The average molecular weight is 275 g/mol. The molecule has 0 saturated carbocycles. The van der Waals surface area contributed by atoms with Crippen LogP contribution < -0.4 is 0 Å². The smallest absolute Gasteiger partial charge is 0.320 e. The summed E-state index contributed by atoms with van der Waals surface area (Å²) < 4.78 is 5.28. The topological polar surface area (TPSA) is 46.6 Å². The van der Waals surface area contributed by atoms with Crippen molar-refractivity contribution in [2.75, 3.05) is 13.1 Å². The van der Waals surface area contributed by atoms with Gasteiger partial charge in [-0.2, -0.15) is 0 Å². The van der Waals surface area contributed by atoms with Gasteiger partial charge in [0.15, 0.2) is 0 Å². The van der Waals surface area contributed by atoms with Crippen molar-refractivity contribution in [3.05, 3.63) is 35.9 Å². The Bertz CT molecular complexity index is 458. The maximum atomic E-state index is 11.9. The van der Waals surface area contributed by atoms with Gasteiger partial charge in [-0.1, -0.05) is 30.3 Å². The quantitative estimate of drug-likeness (QED) is 0.790. The van der Waals surface area contributed by atoms with Gasteiger partial charge in [0, 0.05) is 18.9 Å². The molecule has 1 aromatic carbocycles. The van der Waals surface area contributed by atoms with Gasteiger partial charge in [-0.05, 0) is 25.5 Å². The van der Waals surface area contributed by atoms with Crippen LogP contribution in [0.25, 0.3) is 0 Å². The Hall–Kier alpha value is -1.68. The van der Waals surface area contributed by atoms with Crippen LogP contribution in [0, 0.1) is 0 Å². The van der Waals surface area contributed by atoms with Crippen molar-refractivity contribution in [1.29, 1.82) is 0 Å². The lowest BCUT2D eigenvalue weighted by molar-refractivity contribution is -0.147. The van der Waals surface area contributed by atoms with E-state index in [4.69, 9.17) is 4.74 Å². The third-order valence-electron chi connectivity index (χ3n) is 3.62. The highest BCUT2D eigenvalue weighted by Gasteiger charge is 2.23. The van der Waals surface area contributed by atoms with E-state index in [9.17, 15) is 9.59 Å². The zero-order valence-electron chi connectivity index (χ0n) is 11.9. The summed E-state index contributed by atoms with van der Waals surface area (Å²) in [4.78, 5) is 25.4. The lowest BCUT2D eigenvalue weighted by atomic mass is 10.1. The van der Waals surface area contributed by atoms with E-state index in [1.807, 2.05) is 42.2 Å². The second kappa shape index (κ2) is 7.20. The molecule has 0 amide bonds. The van der Waals surface area contributed by atoms with Gasteiger partial charge in [0.05, 0.1) is 6.54 Å². The standard InChI is InChI=1S/C16H21NO3/c1-13-10-15(18)8-5-9-17(13)11-16(19)20-12-14-6-3-2-4-7-14/h2-4,6-7,13H,5,8-12H2,1H3. The van der Waals surface area contributed by atoms with Crippen LogP contribution in [0.1, 0.15) is 31.7 Å². The number of benzene rings is 1. The fourth-order valence-electron chi connectivity index (χ4n) is 2.44. The van der Waals surface area contributed by atoms with Gasteiger partial charge in [0.25, 0.3) is 0 Å². The minimum absolute atomic E-state index is 0.120. The van der Waals surface area contributed by atoms with Crippen LogP contribution in [0.5, 0.6) is 0 Å².